The average molecular weight is 376 g/mol. The molecule has 27 heavy (non-hydrogen) atoms. The van der Waals surface area contributed by atoms with Crippen molar-refractivity contribution in [1.29, 1.82) is 0 Å². The molecule has 2 rings (SSSR count). The normalized spacial score (nSPS) is 24.6. The first-order valence-electron chi connectivity index (χ1n) is 9.46. The molecule has 6 heteroatoms. The van der Waals surface area contributed by atoms with Crippen LogP contribution in [0.1, 0.15) is 45.1 Å². The second-order valence-corrected chi connectivity index (χ2v) is 7.68. The minimum atomic E-state index is -1.22. The average Bonchev–Trinajstić information content (AvgIpc) is 2.65. The molecule has 6 nitrogen and oxygen atoms in total. The third-order valence-electron chi connectivity index (χ3n) is 5.74. The van der Waals surface area contributed by atoms with E-state index in [0.29, 0.717) is 19.3 Å². The zero-order chi connectivity index (χ0) is 20.0. The Hall–Kier alpha value is -2.37. The summed E-state index contributed by atoms with van der Waals surface area (Å²) in [5, 5.41) is 19.2. The lowest BCUT2D eigenvalue weighted by atomic mass is 9.74. The summed E-state index contributed by atoms with van der Waals surface area (Å²) in [6.45, 7) is 3.47. The molecule has 4 atom stereocenters. The third-order valence-corrected chi connectivity index (χ3v) is 5.74. The first-order valence-corrected chi connectivity index (χ1v) is 9.46. The zero-order valence-corrected chi connectivity index (χ0v) is 15.9. The van der Waals surface area contributed by atoms with Crippen molar-refractivity contribution in [2.24, 2.45) is 23.2 Å². The van der Waals surface area contributed by atoms with Crippen LogP contribution >= 0.6 is 0 Å². The number of carbonyl (C=O) groups excluding carboxylic acids is 1. The fourth-order valence-electron chi connectivity index (χ4n) is 3.81. The fourth-order valence-corrected chi connectivity index (χ4v) is 3.81. The zero-order valence-electron chi connectivity index (χ0n) is 15.9. The van der Waals surface area contributed by atoms with Crippen molar-refractivity contribution in [1.82, 2.24) is 0 Å². The monoisotopic (exact) mass is 376 g/mol. The molecule has 0 aromatic heterocycles. The van der Waals surface area contributed by atoms with Crippen molar-refractivity contribution in [3.8, 4) is 0 Å². The van der Waals surface area contributed by atoms with E-state index in [-0.39, 0.29) is 18.9 Å². The standard InChI is InChI=1S/C21H28O6/c1-3-21(20(25)26,12-15-7-5-4-6-8-15)13-27-19(24)16-10-9-14(2)11-17(16)18(22)23/h4-8,14,16-17H,3,9-13H2,1-2H3,(H,22,23)(H,25,26). The molecule has 2 N–H and O–H groups in total. The topological polar surface area (TPSA) is 101 Å². The highest BCUT2D eigenvalue weighted by Gasteiger charge is 2.42. The summed E-state index contributed by atoms with van der Waals surface area (Å²) in [5.41, 5.74) is -0.370. The van der Waals surface area contributed by atoms with Crippen molar-refractivity contribution in [3.63, 3.8) is 0 Å². The van der Waals surface area contributed by atoms with Gasteiger partial charge in [-0.3, -0.25) is 14.4 Å². The second kappa shape index (κ2) is 9.02. The molecular formula is C21H28O6. The highest BCUT2D eigenvalue weighted by molar-refractivity contribution is 5.82. The van der Waals surface area contributed by atoms with E-state index in [4.69, 9.17) is 4.74 Å². The van der Waals surface area contributed by atoms with E-state index in [0.717, 1.165) is 12.0 Å². The maximum absolute atomic E-state index is 12.6. The lowest BCUT2D eigenvalue weighted by Crippen LogP contribution is -2.41. The van der Waals surface area contributed by atoms with Gasteiger partial charge in [0, 0.05) is 0 Å². The molecule has 0 heterocycles. The van der Waals surface area contributed by atoms with Crippen LogP contribution in [0.25, 0.3) is 0 Å². The van der Waals surface area contributed by atoms with Gasteiger partial charge in [0.25, 0.3) is 0 Å². The Balaban J connectivity index is 2.10. The molecule has 1 saturated carbocycles. The Bertz CT molecular complexity index is 671. The summed E-state index contributed by atoms with van der Waals surface area (Å²) >= 11 is 0. The van der Waals surface area contributed by atoms with Gasteiger partial charge in [0.15, 0.2) is 0 Å². The molecule has 1 fully saturated rings. The molecule has 0 saturated heterocycles. The van der Waals surface area contributed by atoms with E-state index in [9.17, 15) is 24.6 Å². The van der Waals surface area contributed by atoms with Gasteiger partial charge in [-0.25, -0.2) is 0 Å². The van der Waals surface area contributed by atoms with Crippen molar-refractivity contribution in [2.45, 2.75) is 46.0 Å². The minimum absolute atomic E-state index is 0.247. The number of rotatable bonds is 8. The number of carboxylic acid groups (broad SMARTS) is 2. The molecular weight excluding hydrogens is 348 g/mol. The summed E-state index contributed by atoms with van der Waals surface area (Å²) < 4.78 is 5.40. The minimum Gasteiger partial charge on any atom is -0.481 e. The maximum Gasteiger partial charge on any atom is 0.313 e. The SMILES string of the molecule is CCC(COC(=O)C1CCC(C)CC1C(=O)O)(Cc1ccccc1)C(=O)O. The predicted octanol–water partition coefficient (Wildman–Crippen LogP) is 3.39. The molecule has 0 aliphatic heterocycles. The first kappa shape index (κ1) is 20.9. The van der Waals surface area contributed by atoms with Gasteiger partial charge in [0.05, 0.1) is 11.8 Å². The molecule has 0 radical (unpaired) electrons. The second-order valence-electron chi connectivity index (χ2n) is 7.68. The van der Waals surface area contributed by atoms with E-state index in [1.165, 1.54) is 0 Å². The number of carboxylic acids is 2. The molecule has 1 aromatic carbocycles. The molecule has 0 bridgehead atoms. The fraction of sp³-hybridized carbons (Fsp3) is 0.571. The summed E-state index contributed by atoms with van der Waals surface area (Å²) in [4.78, 5) is 36.1. The van der Waals surface area contributed by atoms with Crippen molar-refractivity contribution >= 4 is 17.9 Å². The van der Waals surface area contributed by atoms with Crippen LogP contribution in [-0.4, -0.2) is 34.7 Å². The number of aliphatic carboxylic acids is 2. The highest BCUT2D eigenvalue weighted by Crippen LogP contribution is 2.36. The van der Waals surface area contributed by atoms with Gasteiger partial charge < -0.3 is 14.9 Å². The Kier molecular flexibility index (Phi) is 6.99. The van der Waals surface area contributed by atoms with Crippen LogP contribution in [0, 0.1) is 23.2 Å². The van der Waals surface area contributed by atoms with Gasteiger partial charge in [0.2, 0.25) is 0 Å². The van der Waals surface area contributed by atoms with Gasteiger partial charge in [-0.2, -0.15) is 0 Å². The van der Waals surface area contributed by atoms with Gasteiger partial charge >= 0.3 is 17.9 Å². The number of esters is 1. The maximum atomic E-state index is 12.6. The van der Waals surface area contributed by atoms with E-state index < -0.39 is 35.2 Å². The summed E-state index contributed by atoms with van der Waals surface area (Å²) in [5.74, 6) is -3.83. The quantitative estimate of drug-likeness (QED) is 0.675. The van der Waals surface area contributed by atoms with Gasteiger partial charge in [-0.1, -0.05) is 44.2 Å². The highest BCUT2D eigenvalue weighted by atomic mass is 16.5. The molecule has 0 spiro atoms. The number of hydrogen-bond donors (Lipinski definition) is 2. The Morgan fingerprint density at radius 1 is 1.11 bits per heavy atom. The van der Waals surface area contributed by atoms with Crippen molar-refractivity contribution in [2.75, 3.05) is 6.61 Å². The predicted molar refractivity (Wildman–Crippen MR) is 99.1 cm³/mol. The lowest BCUT2D eigenvalue weighted by Gasteiger charge is -2.32. The van der Waals surface area contributed by atoms with E-state index in [1.54, 1.807) is 6.92 Å². The molecule has 0 amide bonds. The first-order chi connectivity index (χ1) is 12.8. The van der Waals surface area contributed by atoms with E-state index in [2.05, 4.69) is 0 Å². The molecule has 1 aromatic rings. The largest absolute Gasteiger partial charge is 0.481 e. The summed E-state index contributed by atoms with van der Waals surface area (Å²) in [6, 6.07) is 9.22. The smallest absolute Gasteiger partial charge is 0.313 e. The van der Waals surface area contributed by atoms with Gasteiger partial charge in [-0.15, -0.1) is 0 Å². The molecule has 148 valence electrons. The molecule has 1 aliphatic rings. The van der Waals surface area contributed by atoms with Crippen LogP contribution in [0.5, 0.6) is 0 Å². The van der Waals surface area contributed by atoms with Crippen LogP contribution in [0.15, 0.2) is 30.3 Å². The third kappa shape index (κ3) is 5.08. The Morgan fingerprint density at radius 2 is 1.78 bits per heavy atom. The Morgan fingerprint density at radius 3 is 2.33 bits per heavy atom. The van der Waals surface area contributed by atoms with E-state index >= 15 is 0 Å². The van der Waals surface area contributed by atoms with E-state index in [1.807, 2.05) is 37.3 Å². The lowest BCUT2D eigenvalue weighted by molar-refractivity contribution is -0.168. The Labute approximate surface area is 159 Å². The molecule has 4 unspecified atom stereocenters. The molecule has 1 aliphatic carbocycles. The van der Waals surface area contributed by atoms with Crippen LogP contribution < -0.4 is 0 Å². The van der Waals surface area contributed by atoms with Crippen LogP contribution in [-0.2, 0) is 25.5 Å². The number of benzene rings is 1. The van der Waals surface area contributed by atoms with Crippen molar-refractivity contribution in [3.05, 3.63) is 35.9 Å². The summed E-state index contributed by atoms with van der Waals surface area (Å²) in [6.07, 6.45) is 2.22. The van der Waals surface area contributed by atoms with Crippen LogP contribution in [0.2, 0.25) is 0 Å². The number of ether oxygens (including phenoxy) is 1. The number of hydrogen-bond acceptors (Lipinski definition) is 4. The van der Waals surface area contributed by atoms with Gasteiger partial charge in [-0.05, 0) is 43.6 Å². The van der Waals surface area contributed by atoms with Crippen LogP contribution in [0.4, 0.5) is 0 Å². The number of carbonyl (C=O) groups is 3. The summed E-state index contributed by atoms with van der Waals surface area (Å²) in [7, 11) is 0. The van der Waals surface area contributed by atoms with Crippen molar-refractivity contribution < 1.29 is 29.3 Å². The van der Waals surface area contributed by atoms with Crippen LogP contribution in [0.3, 0.4) is 0 Å². The van der Waals surface area contributed by atoms with Gasteiger partial charge in [0.1, 0.15) is 12.0 Å².